The van der Waals surface area contributed by atoms with Crippen molar-refractivity contribution in [3.05, 3.63) is 70.0 Å². The molecule has 0 unspecified atom stereocenters. The van der Waals surface area contributed by atoms with E-state index < -0.39 is 15.8 Å². The topological polar surface area (TPSA) is 59.1 Å². The molecule has 0 aliphatic rings. The van der Waals surface area contributed by atoms with Crippen molar-refractivity contribution in [3.8, 4) is 10.6 Å². The third-order valence-corrected chi connectivity index (χ3v) is 6.97. The summed E-state index contributed by atoms with van der Waals surface area (Å²) < 4.78 is 40.7. The van der Waals surface area contributed by atoms with Crippen LogP contribution in [0.1, 0.15) is 21.7 Å². The fourth-order valence-corrected chi connectivity index (χ4v) is 4.90. The first-order valence-electron chi connectivity index (χ1n) is 8.55. The number of benzene rings is 2. The Morgan fingerprint density at radius 1 is 1.11 bits per heavy atom. The predicted molar refractivity (Wildman–Crippen MR) is 107 cm³/mol. The van der Waals surface area contributed by atoms with Crippen LogP contribution in [0.4, 0.5) is 4.39 Å². The van der Waals surface area contributed by atoms with Crippen LogP contribution >= 0.6 is 11.3 Å². The maximum absolute atomic E-state index is 13.4. The average molecular weight is 405 g/mol. The predicted octanol–water partition coefficient (Wildman–Crippen LogP) is 4.40. The van der Waals surface area contributed by atoms with Gasteiger partial charge < -0.3 is 0 Å². The van der Waals surface area contributed by atoms with Crippen molar-refractivity contribution < 1.29 is 12.8 Å². The molecule has 0 aliphatic heterocycles. The molecule has 4 nitrogen and oxygen atoms in total. The van der Waals surface area contributed by atoms with E-state index in [0.29, 0.717) is 12.0 Å². The van der Waals surface area contributed by atoms with Gasteiger partial charge in [0.05, 0.1) is 10.6 Å². The average Bonchev–Trinajstić information content (AvgIpc) is 2.98. The van der Waals surface area contributed by atoms with E-state index in [-0.39, 0.29) is 11.4 Å². The molecule has 0 bridgehead atoms. The van der Waals surface area contributed by atoms with Crippen LogP contribution in [0.5, 0.6) is 0 Å². The Morgan fingerprint density at radius 3 is 2.59 bits per heavy atom. The lowest BCUT2D eigenvalue weighted by Gasteiger charge is -2.07. The van der Waals surface area contributed by atoms with E-state index in [0.717, 1.165) is 21.1 Å². The molecule has 7 heteroatoms. The third kappa shape index (κ3) is 4.61. The Kier molecular flexibility index (Phi) is 5.74. The first-order chi connectivity index (χ1) is 12.8. The number of hydrogen-bond donors (Lipinski definition) is 1. The van der Waals surface area contributed by atoms with Crippen molar-refractivity contribution in [2.75, 3.05) is 6.54 Å². The Labute approximate surface area is 163 Å². The zero-order valence-corrected chi connectivity index (χ0v) is 17.0. The Balaban J connectivity index is 1.69. The Bertz CT molecular complexity index is 1080. The first-order valence-corrected chi connectivity index (χ1v) is 10.9. The second-order valence-electron chi connectivity index (χ2n) is 6.46. The zero-order chi connectivity index (χ0) is 19.6. The molecule has 3 aromatic rings. The minimum atomic E-state index is -3.67. The highest BCUT2D eigenvalue weighted by atomic mass is 32.2. The van der Waals surface area contributed by atoms with Gasteiger partial charge in [0.25, 0.3) is 0 Å². The Morgan fingerprint density at radius 2 is 1.89 bits per heavy atom. The summed E-state index contributed by atoms with van der Waals surface area (Å²) in [5.41, 5.74) is 3.45. The van der Waals surface area contributed by atoms with E-state index in [4.69, 9.17) is 0 Å². The van der Waals surface area contributed by atoms with E-state index in [2.05, 4.69) is 15.8 Å². The van der Waals surface area contributed by atoms with Crippen molar-refractivity contribution >= 4 is 21.4 Å². The molecule has 0 fully saturated rings. The minimum absolute atomic E-state index is 0.0721. The second-order valence-corrected chi connectivity index (χ2v) is 9.31. The van der Waals surface area contributed by atoms with Crippen molar-refractivity contribution in [1.29, 1.82) is 0 Å². The van der Waals surface area contributed by atoms with Gasteiger partial charge in [0.1, 0.15) is 10.8 Å². The van der Waals surface area contributed by atoms with Gasteiger partial charge in [-0.3, -0.25) is 0 Å². The molecule has 0 amide bonds. The van der Waals surface area contributed by atoms with Crippen molar-refractivity contribution in [1.82, 2.24) is 9.71 Å². The minimum Gasteiger partial charge on any atom is -0.241 e. The summed E-state index contributed by atoms with van der Waals surface area (Å²) in [6.07, 6.45) is 0.550. The van der Waals surface area contributed by atoms with E-state index in [1.54, 1.807) is 18.3 Å². The second kappa shape index (κ2) is 7.88. The number of rotatable bonds is 6. The highest BCUT2D eigenvalue weighted by Gasteiger charge is 2.16. The van der Waals surface area contributed by atoms with Gasteiger partial charge in [-0.25, -0.2) is 22.5 Å². The highest BCUT2D eigenvalue weighted by Crippen LogP contribution is 2.28. The van der Waals surface area contributed by atoms with Crippen LogP contribution in [0.25, 0.3) is 10.6 Å². The quantitative estimate of drug-likeness (QED) is 0.663. The van der Waals surface area contributed by atoms with Gasteiger partial charge in [-0.2, -0.15) is 0 Å². The number of halogens is 1. The largest absolute Gasteiger partial charge is 0.241 e. The van der Waals surface area contributed by atoms with Crippen molar-refractivity contribution in [3.63, 3.8) is 0 Å². The van der Waals surface area contributed by atoms with E-state index in [1.165, 1.54) is 23.8 Å². The van der Waals surface area contributed by atoms with Crippen LogP contribution in [-0.4, -0.2) is 19.9 Å². The molecule has 2 aromatic carbocycles. The molecule has 3 rings (SSSR count). The lowest BCUT2D eigenvalue weighted by atomic mass is 10.1. The summed E-state index contributed by atoms with van der Waals surface area (Å²) in [6.45, 7) is 5.77. The highest BCUT2D eigenvalue weighted by molar-refractivity contribution is 7.89. The number of aryl methyl sites for hydroxylation is 3. The van der Waals surface area contributed by atoms with Gasteiger partial charge in [-0.15, -0.1) is 11.3 Å². The molecule has 0 atom stereocenters. The summed E-state index contributed by atoms with van der Waals surface area (Å²) in [6, 6.07) is 11.9. The molecule has 27 heavy (non-hydrogen) atoms. The Hall–Kier alpha value is -2.09. The monoisotopic (exact) mass is 404 g/mol. The lowest BCUT2D eigenvalue weighted by Crippen LogP contribution is -2.26. The molecule has 1 aromatic heterocycles. The summed E-state index contributed by atoms with van der Waals surface area (Å²) in [7, 11) is -3.67. The number of aromatic nitrogens is 1. The number of nitrogens with one attached hydrogen (secondary N) is 1. The summed E-state index contributed by atoms with van der Waals surface area (Å²) in [4.78, 5) is 5.73. The molecule has 0 spiro atoms. The molecular weight excluding hydrogens is 383 g/mol. The smallest absolute Gasteiger partial charge is 0.240 e. The van der Waals surface area contributed by atoms with Crippen molar-refractivity contribution in [2.45, 2.75) is 32.1 Å². The third-order valence-electron chi connectivity index (χ3n) is 4.24. The van der Waals surface area contributed by atoms with Gasteiger partial charge in [0.2, 0.25) is 10.0 Å². The maximum atomic E-state index is 13.4. The molecule has 1 N–H and O–H groups in total. The molecule has 0 saturated carbocycles. The lowest BCUT2D eigenvalue weighted by molar-refractivity contribution is 0.580. The summed E-state index contributed by atoms with van der Waals surface area (Å²) >= 11 is 1.58. The SMILES string of the molecule is Cc1cccc(-c2nc(C)c(CCNS(=O)(=O)c3ccc(F)c(C)c3)s2)c1. The molecular formula is C20H21FN2O2S2. The molecule has 0 aliphatic carbocycles. The maximum Gasteiger partial charge on any atom is 0.240 e. The number of thiazole rings is 1. The number of nitrogens with zero attached hydrogens (tertiary/aromatic N) is 1. The van der Waals surface area contributed by atoms with E-state index in [1.807, 2.05) is 32.0 Å². The molecule has 142 valence electrons. The van der Waals surface area contributed by atoms with Crippen molar-refractivity contribution in [2.24, 2.45) is 0 Å². The fourth-order valence-electron chi connectivity index (χ4n) is 2.73. The van der Waals surface area contributed by atoms with Gasteiger partial charge in [0.15, 0.2) is 0 Å². The molecule has 0 saturated heterocycles. The summed E-state index contributed by atoms with van der Waals surface area (Å²) in [5.74, 6) is -0.419. The van der Waals surface area contributed by atoms with Gasteiger partial charge in [-0.05, 0) is 57.0 Å². The molecule has 1 heterocycles. The van der Waals surface area contributed by atoms with E-state index in [9.17, 15) is 12.8 Å². The van der Waals surface area contributed by atoms with Crippen LogP contribution in [0, 0.1) is 26.6 Å². The van der Waals surface area contributed by atoms with Gasteiger partial charge in [0, 0.05) is 17.0 Å². The van der Waals surface area contributed by atoms with Crippen LogP contribution in [-0.2, 0) is 16.4 Å². The van der Waals surface area contributed by atoms with Gasteiger partial charge in [-0.1, -0.05) is 23.8 Å². The van der Waals surface area contributed by atoms with Crippen LogP contribution in [0.3, 0.4) is 0 Å². The van der Waals surface area contributed by atoms with Gasteiger partial charge >= 0.3 is 0 Å². The normalized spacial score (nSPS) is 11.7. The first kappa shape index (κ1) is 19.7. The fraction of sp³-hybridized carbons (Fsp3) is 0.250. The van der Waals surface area contributed by atoms with E-state index >= 15 is 0 Å². The van der Waals surface area contributed by atoms with Crippen LogP contribution in [0.15, 0.2) is 47.4 Å². The molecule has 0 radical (unpaired) electrons. The van der Waals surface area contributed by atoms with Crippen LogP contribution < -0.4 is 4.72 Å². The number of sulfonamides is 1. The zero-order valence-electron chi connectivity index (χ0n) is 15.4. The standard InChI is InChI=1S/C20H21FN2O2S2/c1-13-5-4-6-16(11-13)20-23-15(3)19(26-20)9-10-22-27(24,25)17-7-8-18(21)14(2)12-17/h4-8,11-12,22H,9-10H2,1-3H3. The van der Waals surface area contributed by atoms with Crippen LogP contribution in [0.2, 0.25) is 0 Å². The number of hydrogen-bond acceptors (Lipinski definition) is 4. The summed E-state index contributed by atoms with van der Waals surface area (Å²) in [5, 5.41) is 0.934.